The number of anilines is 1. The number of allylic oxidation sites excluding steroid dienone is 2. The van der Waals surface area contributed by atoms with Crippen molar-refractivity contribution in [2.24, 2.45) is 5.92 Å². The van der Waals surface area contributed by atoms with Crippen LogP contribution in [0.25, 0.3) is 0 Å². The summed E-state index contributed by atoms with van der Waals surface area (Å²) in [6, 6.07) is 10.9. The van der Waals surface area contributed by atoms with Gasteiger partial charge < -0.3 is 10.1 Å². The average molecular weight is 479 g/mol. The van der Waals surface area contributed by atoms with Gasteiger partial charge in [-0.1, -0.05) is 41.4 Å². The molecule has 1 aliphatic carbocycles. The number of ether oxygens (including phenoxy) is 1. The van der Waals surface area contributed by atoms with Gasteiger partial charge in [-0.25, -0.2) is 13.1 Å². The molecule has 4 unspecified atom stereocenters. The molecule has 5 nitrogen and oxygen atoms in total. The van der Waals surface area contributed by atoms with Crippen molar-refractivity contribution in [3.63, 3.8) is 0 Å². The molecule has 1 fully saturated rings. The van der Waals surface area contributed by atoms with E-state index >= 15 is 0 Å². The topological polar surface area (TPSA) is 67.4 Å². The van der Waals surface area contributed by atoms with Crippen molar-refractivity contribution in [2.75, 3.05) is 18.5 Å². The van der Waals surface area contributed by atoms with Crippen LogP contribution < -0.4 is 10.0 Å². The van der Waals surface area contributed by atoms with Crippen molar-refractivity contribution in [3.8, 4) is 0 Å². The molecule has 2 aromatic rings. The maximum Gasteiger partial charge on any atom is 0.240 e. The zero-order valence-electron chi connectivity index (χ0n) is 16.9. The van der Waals surface area contributed by atoms with Crippen molar-refractivity contribution in [1.82, 2.24) is 4.72 Å². The summed E-state index contributed by atoms with van der Waals surface area (Å²) in [6.45, 7) is 1.01. The van der Waals surface area contributed by atoms with Crippen molar-refractivity contribution in [1.29, 1.82) is 0 Å². The van der Waals surface area contributed by atoms with Gasteiger partial charge in [0.05, 0.1) is 17.0 Å². The molecular weight excluding hydrogens is 455 g/mol. The molecule has 31 heavy (non-hydrogen) atoms. The monoisotopic (exact) mass is 478 g/mol. The van der Waals surface area contributed by atoms with Gasteiger partial charge in [0.2, 0.25) is 10.0 Å². The summed E-state index contributed by atoms with van der Waals surface area (Å²) < 4.78 is 34.0. The van der Waals surface area contributed by atoms with Gasteiger partial charge >= 0.3 is 0 Å². The van der Waals surface area contributed by atoms with Crippen LogP contribution in [0.3, 0.4) is 0 Å². The number of benzene rings is 2. The zero-order valence-corrected chi connectivity index (χ0v) is 19.2. The van der Waals surface area contributed by atoms with Crippen molar-refractivity contribution < 1.29 is 13.2 Å². The molecule has 8 heteroatoms. The van der Waals surface area contributed by atoms with Crippen LogP contribution in [0.2, 0.25) is 10.0 Å². The molecule has 2 N–H and O–H groups in total. The standard InChI is InChI=1S/C23H24Cl2N2O3S/c24-14-6-8-19(21(25)11-14)23-18-5-1-4-17(18)20-12-16(7-9-22(20)27-23)31(28,29)26-13-15-3-2-10-30-15/h1,4,6-9,11-12,15,17-18,23,26-27H,2-3,5,10,13H2. The fourth-order valence-electron chi connectivity index (χ4n) is 4.89. The molecule has 0 aromatic heterocycles. The minimum absolute atomic E-state index is 0.0253. The third-order valence-corrected chi connectivity index (χ3v) is 8.45. The smallest absolute Gasteiger partial charge is 0.240 e. The molecule has 0 spiro atoms. The molecular formula is C23H24Cl2N2O3S. The summed E-state index contributed by atoms with van der Waals surface area (Å²) in [7, 11) is -3.60. The van der Waals surface area contributed by atoms with E-state index in [-0.39, 0.29) is 28.9 Å². The number of rotatable bonds is 5. The van der Waals surface area contributed by atoms with Crippen LogP contribution in [-0.4, -0.2) is 27.7 Å². The average Bonchev–Trinajstić information content (AvgIpc) is 3.44. The number of hydrogen-bond donors (Lipinski definition) is 2. The quantitative estimate of drug-likeness (QED) is 0.573. The van der Waals surface area contributed by atoms with Crippen molar-refractivity contribution in [3.05, 3.63) is 69.7 Å². The second-order valence-electron chi connectivity index (χ2n) is 8.38. The van der Waals surface area contributed by atoms with Gasteiger partial charge in [-0.05, 0) is 66.6 Å². The Morgan fingerprint density at radius 2 is 2.00 bits per heavy atom. The first-order valence-electron chi connectivity index (χ1n) is 10.6. The molecule has 0 amide bonds. The lowest BCUT2D eigenvalue weighted by Crippen LogP contribution is -2.32. The highest BCUT2D eigenvalue weighted by Gasteiger charge is 2.39. The van der Waals surface area contributed by atoms with Crippen molar-refractivity contribution >= 4 is 38.9 Å². The minimum atomic E-state index is -3.60. The van der Waals surface area contributed by atoms with E-state index in [4.69, 9.17) is 27.9 Å². The Hall–Kier alpha value is -1.57. The van der Waals surface area contributed by atoms with Gasteiger partial charge in [-0.15, -0.1) is 0 Å². The molecule has 2 aliphatic heterocycles. The Balaban J connectivity index is 1.44. The van der Waals surface area contributed by atoms with Gasteiger partial charge in [0, 0.05) is 34.8 Å². The normalized spacial score (nSPS) is 27.0. The number of halogens is 2. The molecule has 1 saturated heterocycles. The van der Waals surface area contributed by atoms with E-state index in [1.54, 1.807) is 18.2 Å². The summed E-state index contributed by atoms with van der Waals surface area (Å²) in [5.41, 5.74) is 2.94. The Labute approximate surface area is 192 Å². The number of nitrogens with one attached hydrogen (secondary N) is 2. The first kappa shape index (κ1) is 21.3. The third-order valence-electron chi connectivity index (χ3n) is 6.47. The van der Waals surface area contributed by atoms with Crippen LogP contribution in [0.4, 0.5) is 5.69 Å². The lowest BCUT2D eigenvalue weighted by atomic mass is 9.77. The predicted molar refractivity (Wildman–Crippen MR) is 123 cm³/mol. The second kappa shape index (κ2) is 8.41. The van der Waals surface area contributed by atoms with Crippen LogP contribution in [0, 0.1) is 5.92 Å². The second-order valence-corrected chi connectivity index (χ2v) is 11.0. The minimum Gasteiger partial charge on any atom is -0.378 e. The maximum atomic E-state index is 12.9. The van der Waals surface area contributed by atoms with E-state index in [1.165, 1.54) is 0 Å². The third kappa shape index (κ3) is 4.12. The van der Waals surface area contributed by atoms with Crippen LogP contribution in [-0.2, 0) is 14.8 Å². The molecule has 0 saturated carbocycles. The Kier molecular flexibility index (Phi) is 5.78. The number of sulfonamides is 1. The molecule has 164 valence electrons. The zero-order chi connectivity index (χ0) is 21.6. The Bertz CT molecular complexity index is 1130. The fourth-order valence-corrected chi connectivity index (χ4v) is 6.52. The van der Waals surface area contributed by atoms with Crippen molar-refractivity contribution in [2.45, 2.75) is 42.2 Å². The van der Waals surface area contributed by atoms with E-state index in [9.17, 15) is 8.42 Å². The number of hydrogen-bond acceptors (Lipinski definition) is 4. The van der Waals surface area contributed by atoms with E-state index in [0.29, 0.717) is 23.2 Å². The van der Waals surface area contributed by atoms with Gasteiger partial charge in [-0.2, -0.15) is 0 Å². The van der Waals surface area contributed by atoms with E-state index in [2.05, 4.69) is 22.2 Å². The molecule has 3 aliphatic rings. The van der Waals surface area contributed by atoms with Gasteiger partial charge in [0.1, 0.15) is 0 Å². The highest BCUT2D eigenvalue weighted by Crippen LogP contribution is 2.51. The molecule has 4 atom stereocenters. The highest BCUT2D eigenvalue weighted by molar-refractivity contribution is 7.89. The number of fused-ring (bicyclic) bond motifs is 3. The van der Waals surface area contributed by atoms with Gasteiger partial charge in [0.15, 0.2) is 0 Å². The van der Waals surface area contributed by atoms with E-state index in [0.717, 1.165) is 36.1 Å². The molecule has 2 heterocycles. The molecule has 2 aromatic carbocycles. The molecule has 5 rings (SSSR count). The van der Waals surface area contributed by atoms with Crippen LogP contribution >= 0.6 is 23.2 Å². The summed E-state index contributed by atoms with van der Waals surface area (Å²) in [4.78, 5) is 0.285. The molecule has 0 radical (unpaired) electrons. The summed E-state index contributed by atoms with van der Waals surface area (Å²) in [6.07, 6.45) is 7.07. The first-order valence-corrected chi connectivity index (χ1v) is 12.8. The largest absolute Gasteiger partial charge is 0.378 e. The SMILES string of the molecule is O=S(=O)(NCC1CCCO1)c1ccc2c(c1)C1C=CCC1C(c1ccc(Cl)cc1Cl)N2. The maximum absolute atomic E-state index is 12.9. The summed E-state index contributed by atoms with van der Waals surface area (Å²) in [5, 5.41) is 4.84. The lowest BCUT2D eigenvalue weighted by Gasteiger charge is -2.38. The summed E-state index contributed by atoms with van der Waals surface area (Å²) >= 11 is 12.6. The van der Waals surface area contributed by atoms with Crippen LogP contribution in [0.15, 0.2) is 53.4 Å². The van der Waals surface area contributed by atoms with E-state index < -0.39 is 10.0 Å². The first-order chi connectivity index (χ1) is 14.9. The lowest BCUT2D eigenvalue weighted by molar-refractivity contribution is 0.114. The van der Waals surface area contributed by atoms with Crippen LogP contribution in [0.5, 0.6) is 0 Å². The molecule has 0 bridgehead atoms. The highest BCUT2D eigenvalue weighted by atomic mass is 35.5. The predicted octanol–water partition coefficient (Wildman–Crippen LogP) is 5.28. The van der Waals surface area contributed by atoms with Gasteiger partial charge in [-0.3, -0.25) is 0 Å². The fraction of sp³-hybridized carbons (Fsp3) is 0.391. The summed E-state index contributed by atoms with van der Waals surface area (Å²) in [5.74, 6) is 0.380. The van der Waals surface area contributed by atoms with Crippen LogP contribution in [0.1, 0.15) is 42.3 Å². The Morgan fingerprint density at radius 3 is 2.77 bits per heavy atom. The Morgan fingerprint density at radius 1 is 1.13 bits per heavy atom. The van der Waals surface area contributed by atoms with E-state index in [1.807, 2.05) is 18.2 Å². The van der Waals surface area contributed by atoms with Gasteiger partial charge in [0.25, 0.3) is 0 Å².